The molecule has 1 aromatic rings. The van der Waals surface area contributed by atoms with Crippen LogP contribution < -0.4 is 5.32 Å². The van der Waals surface area contributed by atoms with Crippen LogP contribution in [0.15, 0.2) is 10.7 Å². The summed E-state index contributed by atoms with van der Waals surface area (Å²) in [4.78, 5) is 14.3. The molecule has 1 heterocycles. The highest BCUT2D eigenvalue weighted by Crippen LogP contribution is 2.30. The van der Waals surface area contributed by atoms with Crippen LogP contribution in [0, 0.1) is 17.0 Å². The van der Waals surface area contributed by atoms with E-state index in [2.05, 4.69) is 26.2 Å². The fourth-order valence-electron chi connectivity index (χ4n) is 1.38. The molecule has 0 radical (unpaired) electrons. The van der Waals surface area contributed by atoms with Crippen molar-refractivity contribution < 1.29 is 9.66 Å². The number of halogens is 1. The van der Waals surface area contributed by atoms with Gasteiger partial charge in [0.1, 0.15) is 12.0 Å². The number of hydrogen-bond donors (Lipinski definition) is 1. The smallest absolute Gasteiger partial charge is 0.291 e. The second-order valence-corrected chi connectivity index (χ2v) is 4.48. The summed E-state index contributed by atoms with van der Waals surface area (Å²) in [5.74, 6) is 0.581. The van der Waals surface area contributed by atoms with Gasteiger partial charge in [0.05, 0.1) is 16.0 Å². The number of nitro groups is 1. The SMILES string of the molecule is COCC(C)Nc1ncc([N+](=O)[O-])c(C)c1Br. The number of aromatic nitrogens is 1. The number of nitrogens with zero attached hydrogens (tertiary/aromatic N) is 2. The monoisotopic (exact) mass is 303 g/mol. The van der Waals surface area contributed by atoms with Crippen LogP contribution in [0.2, 0.25) is 0 Å². The Kier molecular flexibility index (Phi) is 4.83. The molecule has 17 heavy (non-hydrogen) atoms. The molecule has 0 aromatic carbocycles. The zero-order valence-electron chi connectivity index (χ0n) is 9.86. The number of rotatable bonds is 5. The van der Waals surface area contributed by atoms with Crippen LogP contribution in [0.4, 0.5) is 11.5 Å². The Balaban J connectivity index is 2.96. The summed E-state index contributed by atoms with van der Waals surface area (Å²) in [5, 5.41) is 13.8. The Morgan fingerprint density at radius 3 is 2.88 bits per heavy atom. The third-order valence-electron chi connectivity index (χ3n) is 2.23. The van der Waals surface area contributed by atoms with Gasteiger partial charge in [-0.05, 0) is 29.8 Å². The number of hydrogen-bond acceptors (Lipinski definition) is 5. The Morgan fingerprint density at radius 1 is 1.71 bits per heavy atom. The Bertz CT molecular complexity index is 426. The molecule has 1 rings (SSSR count). The first-order valence-corrected chi connectivity index (χ1v) is 5.81. The van der Waals surface area contributed by atoms with Crippen LogP contribution in [0.25, 0.3) is 0 Å². The maximum Gasteiger partial charge on any atom is 0.291 e. The minimum absolute atomic E-state index is 0.00168. The van der Waals surface area contributed by atoms with Crippen LogP contribution in [0.1, 0.15) is 12.5 Å². The van der Waals surface area contributed by atoms with E-state index in [0.29, 0.717) is 22.5 Å². The summed E-state index contributed by atoms with van der Waals surface area (Å²) in [6.45, 7) is 4.15. The molecule has 1 aromatic heterocycles. The summed E-state index contributed by atoms with van der Waals surface area (Å²) in [7, 11) is 1.61. The van der Waals surface area contributed by atoms with E-state index in [0.717, 1.165) is 0 Å². The van der Waals surface area contributed by atoms with Gasteiger partial charge in [-0.1, -0.05) is 0 Å². The lowest BCUT2D eigenvalue weighted by Crippen LogP contribution is -2.21. The van der Waals surface area contributed by atoms with Crippen LogP contribution >= 0.6 is 15.9 Å². The second-order valence-electron chi connectivity index (χ2n) is 3.69. The molecule has 1 N–H and O–H groups in total. The minimum Gasteiger partial charge on any atom is -0.383 e. The Hall–Kier alpha value is -1.21. The third kappa shape index (κ3) is 3.37. The second kappa shape index (κ2) is 5.92. The van der Waals surface area contributed by atoms with Crippen molar-refractivity contribution in [1.29, 1.82) is 0 Å². The fourth-order valence-corrected chi connectivity index (χ4v) is 1.80. The van der Waals surface area contributed by atoms with E-state index in [1.807, 2.05) is 6.92 Å². The average Bonchev–Trinajstić information content (AvgIpc) is 2.25. The molecule has 1 unspecified atom stereocenters. The zero-order valence-corrected chi connectivity index (χ0v) is 11.4. The fraction of sp³-hybridized carbons (Fsp3) is 0.500. The predicted molar refractivity (Wildman–Crippen MR) is 68.3 cm³/mol. The summed E-state index contributed by atoms with van der Waals surface area (Å²) < 4.78 is 5.60. The quantitative estimate of drug-likeness (QED) is 0.668. The molecule has 0 saturated carbocycles. The number of methoxy groups -OCH3 is 1. The van der Waals surface area contributed by atoms with Crippen molar-refractivity contribution in [1.82, 2.24) is 4.98 Å². The van der Waals surface area contributed by atoms with E-state index in [1.165, 1.54) is 6.20 Å². The lowest BCUT2D eigenvalue weighted by Gasteiger charge is -2.15. The lowest BCUT2D eigenvalue weighted by atomic mass is 10.2. The average molecular weight is 304 g/mol. The van der Waals surface area contributed by atoms with E-state index in [9.17, 15) is 10.1 Å². The number of ether oxygens (including phenoxy) is 1. The van der Waals surface area contributed by atoms with E-state index >= 15 is 0 Å². The third-order valence-corrected chi connectivity index (χ3v) is 3.20. The van der Waals surface area contributed by atoms with Crippen molar-refractivity contribution in [2.24, 2.45) is 0 Å². The first-order valence-electron chi connectivity index (χ1n) is 5.02. The summed E-state index contributed by atoms with van der Waals surface area (Å²) >= 11 is 3.31. The van der Waals surface area contributed by atoms with Gasteiger partial charge in [-0.3, -0.25) is 10.1 Å². The van der Waals surface area contributed by atoms with E-state index < -0.39 is 4.92 Å². The summed E-state index contributed by atoms with van der Waals surface area (Å²) in [6, 6.07) is 0.0738. The van der Waals surface area contributed by atoms with Gasteiger partial charge in [-0.2, -0.15) is 0 Å². The van der Waals surface area contributed by atoms with Gasteiger partial charge in [-0.25, -0.2) is 4.98 Å². The van der Waals surface area contributed by atoms with Gasteiger partial charge in [0.25, 0.3) is 5.69 Å². The van der Waals surface area contributed by atoms with Gasteiger partial charge in [0.2, 0.25) is 0 Å². The standard InChI is InChI=1S/C10H14BrN3O3/c1-6(5-17-3)13-10-9(11)7(2)8(4-12-10)14(15)16/h4,6H,5H2,1-3H3,(H,12,13). The van der Waals surface area contributed by atoms with Gasteiger partial charge in [0.15, 0.2) is 0 Å². The van der Waals surface area contributed by atoms with Crippen molar-refractivity contribution in [3.8, 4) is 0 Å². The lowest BCUT2D eigenvalue weighted by molar-refractivity contribution is -0.385. The molecule has 94 valence electrons. The highest BCUT2D eigenvalue weighted by Gasteiger charge is 2.17. The molecular weight excluding hydrogens is 290 g/mol. The molecule has 0 aliphatic carbocycles. The molecule has 0 aliphatic rings. The maximum atomic E-state index is 10.7. The van der Waals surface area contributed by atoms with Crippen LogP contribution in [0.5, 0.6) is 0 Å². The summed E-state index contributed by atoms with van der Waals surface area (Å²) in [6.07, 6.45) is 1.25. The molecule has 7 heteroatoms. The molecule has 0 spiro atoms. The van der Waals surface area contributed by atoms with Crippen LogP contribution in [-0.4, -0.2) is 29.7 Å². The highest BCUT2D eigenvalue weighted by atomic mass is 79.9. The molecule has 0 bridgehead atoms. The van der Waals surface area contributed by atoms with Gasteiger partial charge >= 0.3 is 0 Å². The summed E-state index contributed by atoms with van der Waals surface area (Å²) in [5.41, 5.74) is 0.555. The molecule has 0 saturated heterocycles. The maximum absolute atomic E-state index is 10.7. The highest BCUT2D eigenvalue weighted by molar-refractivity contribution is 9.10. The molecule has 6 nitrogen and oxygen atoms in total. The van der Waals surface area contributed by atoms with Crippen molar-refractivity contribution in [3.63, 3.8) is 0 Å². The molecule has 0 amide bonds. The van der Waals surface area contributed by atoms with Gasteiger partial charge in [0, 0.05) is 18.7 Å². The molecule has 0 aliphatic heterocycles. The van der Waals surface area contributed by atoms with E-state index in [1.54, 1.807) is 14.0 Å². The molecule has 1 atom stereocenters. The van der Waals surface area contributed by atoms with Gasteiger partial charge in [-0.15, -0.1) is 0 Å². The number of pyridine rings is 1. The van der Waals surface area contributed by atoms with Crippen molar-refractivity contribution >= 4 is 27.4 Å². The zero-order chi connectivity index (χ0) is 13.0. The largest absolute Gasteiger partial charge is 0.383 e. The van der Waals surface area contributed by atoms with Crippen LogP contribution in [0.3, 0.4) is 0 Å². The minimum atomic E-state index is -0.449. The number of anilines is 1. The normalized spacial score (nSPS) is 12.2. The van der Waals surface area contributed by atoms with Gasteiger partial charge < -0.3 is 10.1 Å². The Labute approximate surface area is 108 Å². The molecule has 0 fully saturated rings. The molecular formula is C10H14BrN3O3. The van der Waals surface area contributed by atoms with Crippen LogP contribution in [-0.2, 0) is 4.74 Å². The first-order chi connectivity index (χ1) is 7.97. The van der Waals surface area contributed by atoms with Crippen molar-refractivity contribution in [2.45, 2.75) is 19.9 Å². The predicted octanol–water partition coefficient (Wildman–Crippen LogP) is 2.51. The van der Waals surface area contributed by atoms with E-state index in [4.69, 9.17) is 4.74 Å². The van der Waals surface area contributed by atoms with E-state index in [-0.39, 0.29) is 11.7 Å². The topological polar surface area (TPSA) is 77.3 Å². The Morgan fingerprint density at radius 2 is 2.35 bits per heavy atom. The van der Waals surface area contributed by atoms with Crippen molar-refractivity contribution in [2.75, 3.05) is 19.0 Å². The number of nitrogens with one attached hydrogen (secondary N) is 1. The first kappa shape index (κ1) is 13.9. The van der Waals surface area contributed by atoms with Crippen molar-refractivity contribution in [3.05, 3.63) is 26.3 Å².